The van der Waals surface area contributed by atoms with Gasteiger partial charge in [-0.1, -0.05) is 17.7 Å². The highest BCUT2D eigenvalue weighted by Gasteiger charge is 2.60. The van der Waals surface area contributed by atoms with Crippen molar-refractivity contribution in [2.75, 3.05) is 37.7 Å². The van der Waals surface area contributed by atoms with Gasteiger partial charge < -0.3 is 9.64 Å². The maximum absolute atomic E-state index is 14.5. The Morgan fingerprint density at radius 3 is 2.41 bits per heavy atom. The molecule has 0 N–H and O–H groups in total. The van der Waals surface area contributed by atoms with Gasteiger partial charge in [-0.25, -0.2) is 25.6 Å². The normalized spacial score (nSPS) is 23.2. The van der Waals surface area contributed by atoms with Crippen LogP contribution in [0.25, 0.3) is 0 Å². The van der Waals surface area contributed by atoms with Crippen LogP contribution in [0.4, 0.5) is 8.78 Å². The van der Waals surface area contributed by atoms with E-state index in [-0.39, 0.29) is 61.5 Å². The molecular weight excluding hydrogens is 634 g/mol. The number of aryl methyl sites for hydroxylation is 1. The van der Waals surface area contributed by atoms with Crippen LogP contribution < -0.4 is 4.74 Å². The van der Waals surface area contributed by atoms with E-state index in [9.17, 15) is 30.4 Å². The van der Waals surface area contributed by atoms with Crippen LogP contribution in [0.5, 0.6) is 5.75 Å². The molecule has 0 aromatic heterocycles. The van der Waals surface area contributed by atoms with Crippen molar-refractivity contribution in [1.82, 2.24) is 9.80 Å². The maximum Gasteiger partial charge on any atom is 0.237 e. The smallest absolute Gasteiger partial charge is 0.237 e. The monoisotopic (exact) mass is 664 g/mol. The number of likely N-dealkylation sites (tertiary alicyclic amines) is 1. The van der Waals surface area contributed by atoms with E-state index >= 15 is 0 Å². The molecule has 234 valence electrons. The van der Waals surface area contributed by atoms with E-state index in [0.29, 0.717) is 34.7 Å². The molecule has 2 atom stereocenters. The minimum Gasteiger partial charge on any atom is -0.489 e. The number of hydrogen-bond donors (Lipinski definition) is 0. The Morgan fingerprint density at radius 1 is 0.977 bits per heavy atom. The summed E-state index contributed by atoms with van der Waals surface area (Å²) in [6.07, 6.45) is 0.987. The van der Waals surface area contributed by atoms with Gasteiger partial charge in [0.15, 0.2) is 19.7 Å². The highest BCUT2D eigenvalue weighted by atomic mass is 35.5. The van der Waals surface area contributed by atoms with Crippen molar-refractivity contribution < 1.29 is 35.1 Å². The third-order valence-electron chi connectivity index (χ3n) is 8.98. The number of sulfone groups is 2. The average Bonchev–Trinajstić information content (AvgIpc) is 3.41. The molecule has 1 amide bonds. The van der Waals surface area contributed by atoms with Crippen LogP contribution in [-0.2, 0) is 42.2 Å². The topological polar surface area (TPSA) is 101 Å². The fourth-order valence-corrected chi connectivity index (χ4v) is 10.5. The number of rotatable bonds is 7. The van der Waals surface area contributed by atoms with Crippen molar-refractivity contribution in [1.29, 1.82) is 0 Å². The van der Waals surface area contributed by atoms with E-state index < -0.39 is 42.1 Å². The summed E-state index contributed by atoms with van der Waals surface area (Å²) in [4.78, 5) is 17.0. The first-order valence-electron chi connectivity index (χ1n) is 14.3. The predicted molar refractivity (Wildman–Crippen MR) is 161 cm³/mol. The van der Waals surface area contributed by atoms with Crippen LogP contribution >= 0.6 is 11.6 Å². The lowest BCUT2D eigenvalue weighted by Gasteiger charge is -2.43. The van der Waals surface area contributed by atoms with Crippen molar-refractivity contribution in [2.45, 2.75) is 41.6 Å². The van der Waals surface area contributed by atoms with Gasteiger partial charge in [-0.2, -0.15) is 0 Å². The molecule has 3 aromatic carbocycles. The second-order valence-electron chi connectivity index (χ2n) is 11.5. The van der Waals surface area contributed by atoms with Crippen molar-refractivity contribution in [3.05, 3.63) is 94.0 Å². The van der Waals surface area contributed by atoms with Crippen molar-refractivity contribution in [3.8, 4) is 5.75 Å². The number of halogens is 3. The second-order valence-corrected chi connectivity index (χ2v) is 16.4. The number of nitrogens with zero attached hydrogens (tertiary/aromatic N) is 2. The van der Waals surface area contributed by atoms with Crippen LogP contribution in [-0.4, -0.2) is 76.3 Å². The number of benzene rings is 3. The largest absolute Gasteiger partial charge is 0.489 e. The van der Waals surface area contributed by atoms with Crippen LogP contribution in [0.2, 0.25) is 5.02 Å². The van der Waals surface area contributed by atoms with Gasteiger partial charge >= 0.3 is 0 Å². The third kappa shape index (κ3) is 5.61. The first-order chi connectivity index (χ1) is 20.9. The molecule has 0 spiro atoms. The lowest BCUT2D eigenvalue weighted by atomic mass is 9.78. The van der Waals surface area contributed by atoms with Crippen molar-refractivity contribution in [2.24, 2.45) is 0 Å². The van der Waals surface area contributed by atoms with Crippen LogP contribution in [0.1, 0.15) is 29.5 Å². The zero-order valence-corrected chi connectivity index (χ0v) is 26.1. The van der Waals surface area contributed by atoms with E-state index in [1.54, 1.807) is 28.0 Å². The SMILES string of the molecule is O=C(CN1CCS(=O)(=O)CC1)N1CC[C@@]2(S(=O)(=O)c3ccc(F)cc3)c3ccc(OCc4cc(F)ccc4Cl)cc3CC[C@@H]12. The molecule has 0 radical (unpaired) electrons. The molecule has 2 saturated heterocycles. The quantitative estimate of drug-likeness (QED) is 0.350. The minimum atomic E-state index is -4.14. The molecule has 3 aliphatic rings. The van der Waals surface area contributed by atoms with Gasteiger partial charge in [-0.05, 0) is 85.0 Å². The lowest BCUT2D eigenvalue weighted by molar-refractivity contribution is -0.133. The molecule has 2 fully saturated rings. The fraction of sp³-hybridized carbons (Fsp3) is 0.387. The molecule has 13 heteroatoms. The summed E-state index contributed by atoms with van der Waals surface area (Å²) >= 11 is 6.19. The van der Waals surface area contributed by atoms with Gasteiger partial charge in [0.25, 0.3) is 0 Å². The standard InChI is InChI=1S/C31H31ClF2N2O6S2/c32-28-9-4-24(34)17-22(28)20-42-25-5-8-27-21(18-25)1-10-29-31(27,44(40,41)26-6-2-23(33)3-7-26)11-12-36(29)30(37)19-35-13-15-43(38,39)16-14-35/h2-9,17-18,29H,1,10-16,19-20H2/t29-,31-/m1/s1. The molecule has 8 nitrogen and oxygen atoms in total. The van der Waals surface area contributed by atoms with Crippen LogP contribution in [0.15, 0.2) is 65.6 Å². The fourth-order valence-electron chi connectivity index (χ4n) is 6.72. The molecule has 6 rings (SSSR count). The lowest BCUT2D eigenvalue weighted by Crippen LogP contribution is -2.54. The number of amides is 1. The summed E-state index contributed by atoms with van der Waals surface area (Å²) < 4.78 is 84.8. The molecule has 0 unspecified atom stereocenters. The van der Waals surface area contributed by atoms with Crippen molar-refractivity contribution in [3.63, 3.8) is 0 Å². The minimum absolute atomic E-state index is 0.000963. The summed E-state index contributed by atoms with van der Waals surface area (Å²) in [5, 5.41) is 0.360. The summed E-state index contributed by atoms with van der Waals surface area (Å²) in [5.41, 5.74) is 1.79. The molecule has 2 heterocycles. The Kier molecular flexibility index (Phi) is 8.23. The Morgan fingerprint density at radius 2 is 1.68 bits per heavy atom. The number of ether oxygens (including phenoxy) is 1. The van der Waals surface area contributed by atoms with Gasteiger partial charge in [0.05, 0.1) is 29.0 Å². The van der Waals surface area contributed by atoms with Crippen molar-refractivity contribution >= 4 is 37.2 Å². The first-order valence-corrected chi connectivity index (χ1v) is 18.0. The van der Waals surface area contributed by atoms with E-state index in [4.69, 9.17) is 16.3 Å². The maximum atomic E-state index is 14.5. The highest BCUT2D eigenvalue weighted by molar-refractivity contribution is 7.92. The predicted octanol–water partition coefficient (Wildman–Crippen LogP) is 4.14. The molecule has 44 heavy (non-hydrogen) atoms. The molecular formula is C31H31ClF2N2O6S2. The molecule has 1 aliphatic carbocycles. The Bertz CT molecular complexity index is 1810. The van der Waals surface area contributed by atoms with Gasteiger partial charge in [0, 0.05) is 30.2 Å². The number of hydrogen-bond acceptors (Lipinski definition) is 7. The van der Waals surface area contributed by atoms with E-state index in [2.05, 4.69) is 0 Å². The molecule has 2 aliphatic heterocycles. The average molecular weight is 665 g/mol. The van der Waals surface area contributed by atoms with E-state index in [1.807, 2.05) is 0 Å². The second kappa shape index (κ2) is 11.7. The van der Waals surface area contributed by atoms with Gasteiger partial charge in [0.1, 0.15) is 28.7 Å². The van der Waals surface area contributed by atoms with Gasteiger partial charge in [-0.15, -0.1) is 0 Å². The Balaban J connectivity index is 1.33. The van der Waals surface area contributed by atoms with E-state index in [0.717, 1.165) is 17.7 Å². The number of carbonyl (C=O) groups is 1. The number of fused-ring (bicyclic) bond motifs is 3. The van der Waals surface area contributed by atoms with Crippen LogP contribution in [0.3, 0.4) is 0 Å². The zero-order valence-electron chi connectivity index (χ0n) is 23.7. The highest BCUT2D eigenvalue weighted by Crippen LogP contribution is 2.53. The summed E-state index contributed by atoms with van der Waals surface area (Å²) in [6, 6.07) is 13.2. The van der Waals surface area contributed by atoms with E-state index in [1.165, 1.54) is 30.3 Å². The van der Waals surface area contributed by atoms with Crippen LogP contribution in [0, 0.1) is 11.6 Å². The first kappa shape index (κ1) is 30.9. The molecule has 0 bridgehead atoms. The van der Waals surface area contributed by atoms with Gasteiger partial charge in [-0.3, -0.25) is 9.69 Å². The summed E-state index contributed by atoms with van der Waals surface area (Å²) in [5.74, 6) is -0.827. The molecule has 0 saturated carbocycles. The third-order valence-corrected chi connectivity index (χ3v) is 13.5. The summed E-state index contributed by atoms with van der Waals surface area (Å²) in [7, 11) is -7.26. The zero-order chi connectivity index (χ0) is 31.3. The Hall–Kier alpha value is -3.06. The summed E-state index contributed by atoms with van der Waals surface area (Å²) in [6.45, 7) is 0.708. The van der Waals surface area contributed by atoms with Gasteiger partial charge in [0.2, 0.25) is 5.91 Å². The number of carbonyl (C=O) groups excluding carboxylic acids is 1. The molecule has 3 aromatic rings. The Labute approximate surface area is 260 Å².